The largest absolute Gasteiger partial charge is 0.477 e. The first-order valence-electron chi connectivity index (χ1n) is 6.62. The highest BCUT2D eigenvalue weighted by atomic mass is 16.4. The summed E-state index contributed by atoms with van der Waals surface area (Å²) in [5.41, 5.74) is 0.0219. The van der Waals surface area contributed by atoms with Crippen LogP contribution in [-0.2, 0) is 4.79 Å². The molecule has 0 radical (unpaired) electrons. The zero-order valence-electron chi connectivity index (χ0n) is 11.4. The summed E-state index contributed by atoms with van der Waals surface area (Å²) in [5, 5.41) is 15.7. The SMILES string of the molecule is CCCCCCNC(=O)C(C)n1nccc1C(=O)O. The Bertz CT molecular complexity index is 429. The van der Waals surface area contributed by atoms with E-state index < -0.39 is 12.0 Å². The van der Waals surface area contributed by atoms with Crippen LogP contribution in [0, 0.1) is 0 Å². The fourth-order valence-electron chi connectivity index (χ4n) is 1.81. The van der Waals surface area contributed by atoms with E-state index in [1.165, 1.54) is 16.9 Å². The number of nitrogens with one attached hydrogen (secondary N) is 1. The molecule has 1 rings (SSSR count). The van der Waals surface area contributed by atoms with E-state index >= 15 is 0 Å². The van der Waals surface area contributed by atoms with Gasteiger partial charge in [0.15, 0.2) is 0 Å². The molecule has 0 fully saturated rings. The highest BCUT2D eigenvalue weighted by Crippen LogP contribution is 2.09. The zero-order chi connectivity index (χ0) is 14.3. The molecule has 0 aliphatic rings. The second kappa shape index (κ2) is 7.56. The number of rotatable bonds is 8. The Hall–Kier alpha value is -1.85. The molecular weight excluding hydrogens is 246 g/mol. The van der Waals surface area contributed by atoms with E-state index in [0.717, 1.165) is 25.7 Å². The standard InChI is InChI=1S/C13H21N3O3/c1-3-4-5-6-8-14-12(17)10(2)16-11(13(18)19)7-9-15-16/h7,9-10H,3-6,8H2,1-2H3,(H,14,17)(H,18,19). The summed E-state index contributed by atoms with van der Waals surface area (Å²) in [5.74, 6) is -1.29. The van der Waals surface area contributed by atoms with E-state index in [4.69, 9.17) is 5.11 Å². The summed E-state index contributed by atoms with van der Waals surface area (Å²) in [7, 11) is 0. The maximum Gasteiger partial charge on any atom is 0.354 e. The van der Waals surface area contributed by atoms with Crippen molar-refractivity contribution in [3.8, 4) is 0 Å². The summed E-state index contributed by atoms with van der Waals surface area (Å²) in [6.45, 7) is 4.39. The first-order chi connectivity index (χ1) is 9.07. The summed E-state index contributed by atoms with van der Waals surface area (Å²) >= 11 is 0. The molecule has 6 nitrogen and oxygen atoms in total. The highest BCUT2D eigenvalue weighted by Gasteiger charge is 2.20. The number of aromatic nitrogens is 2. The van der Waals surface area contributed by atoms with Crippen molar-refractivity contribution in [1.82, 2.24) is 15.1 Å². The molecule has 1 heterocycles. The fraction of sp³-hybridized carbons (Fsp3) is 0.615. The molecule has 19 heavy (non-hydrogen) atoms. The van der Waals surface area contributed by atoms with Gasteiger partial charge < -0.3 is 10.4 Å². The van der Waals surface area contributed by atoms with Gasteiger partial charge in [0.1, 0.15) is 11.7 Å². The Morgan fingerprint density at radius 2 is 2.16 bits per heavy atom. The smallest absolute Gasteiger partial charge is 0.354 e. The lowest BCUT2D eigenvalue weighted by Crippen LogP contribution is -2.33. The van der Waals surface area contributed by atoms with Crippen molar-refractivity contribution in [3.63, 3.8) is 0 Å². The van der Waals surface area contributed by atoms with Gasteiger partial charge in [-0.05, 0) is 19.4 Å². The van der Waals surface area contributed by atoms with Crippen molar-refractivity contribution >= 4 is 11.9 Å². The molecule has 6 heteroatoms. The number of carbonyl (C=O) groups is 2. The van der Waals surface area contributed by atoms with E-state index in [1.54, 1.807) is 6.92 Å². The number of nitrogens with zero attached hydrogens (tertiary/aromatic N) is 2. The van der Waals surface area contributed by atoms with Crippen LogP contribution in [0.2, 0.25) is 0 Å². The van der Waals surface area contributed by atoms with E-state index in [2.05, 4.69) is 17.3 Å². The lowest BCUT2D eigenvalue weighted by atomic mass is 10.2. The average Bonchev–Trinajstić information content (AvgIpc) is 2.86. The summed E-state index contributed by atoms with van der Waals surface area (Å²) in [4.78, 5) is 22.8. The van der Waals surface area contributed by atoms with Crippen molar-refractivity contribution in [2.24, 2.45) is 0 Å². The predicted octanol–water partition coefficient (Wildman–Crippen LogP) is 1.84. The zero-order valence-corrected chi connectivity index (χ0v) is 11.4. The number of unbranched alkanes of at least 4 members (excludes halogenated alkanes) is 3. The molecular formula is C13H21N3O3. The average molecular weight is 267 g/mol. The number of hydrogen-bond donors (Lipinski definition) is 2. The van der Waals surface area contributed by atoms with Crippen molar-refractivity contribution in [2.45, 2.75) is 45.6 Å². The Labute approximate surface area is 112 Å². The van der Waals surface area contributed by atoms with Crippen molar-refractivity contribution in [3.05, 3.63) is 18.0 Å². The van der Waals surface area contributed by atoms with Crippen LogP contribution in [-0.4, -0.2) is 33.3 Å². The van der Waals surface area contributed by atoms with Crippen LogP contribution in [0.3, 0.4) is 0 Å². The maximum absolute atomic E-state index is 11.9. The first kappa shape index (κ1) is 15.2. The van der Waals surface area contributed by atoms with Gasteiger partial charge in [0.2, 0.25) is 5.91 Å². The summed E-state index contributed by atoms with van der Waals surface area (Å²) < 4.78 is 1.23. The normalized spacial score (nSPS) is 12.1. The van der Waals surface area contributed by atoms with Crippen molar-refractivity contribution in [2.75, 3.05) is 6.54 Å². The number of carboxylic acids is 1. The molecule has 0 aliphatic carbocycles. The minimum absolute atomic E-state index is 0.0219. The molecule has 106 valence electrons. The quantitative estimate of drug-likeness (QED) is 0.704. The highest BCUT2D eigenvalue weighted by molar-refractivity contribution is 5.87. The molecule has 1 amide bonds. The summed E-state index contributed by atoms with van der Waals surface area (Å²) in [6.07, 6.45) is 5.73. The molecule has 2 N–H and O–H groups in total. The molecule has 0 aliphatic heterocycles. The van der Waals surface area contributed by atoms with E-state index in [-0.39, 0.29) is 11.6 Å². The van der Waals surface area contributed by atoms with Crippen LogP contribution >= 0.6 is 0 Å². The lowest BCUT2D eigenvalue weighted by molar-refractivity contribution is -0.124. The molecule has 0 spiro atoms. The van der Waals surface area contributed by atoms with Crippen LogP contribution in [0.4, 0.5) is 0 Å². The van der Waals surface area contributed by atoms with Crippen molar-refractivity contribution < 1.29 is 14.7 Å². The maximum atomic E-state index is 11.9. The molecule has 0 aromatic carbocycles. The van der Waals surface area contributed by atoms with Crippen LogP contribution in [0.5, 0.6) is 0 Å². The Kier molecular flexibility index (Phi) is 6.05. The Morgan fingerprint density at radius 1 is 1.42 bits per heavy atom. The molecule has 1 aromatic heterocycles. The minimum atomic E-state index is -1.08. The van der Waals surface area contributed by atoms with E-state index in [0.29, 0.717) is 6.54 Å². The van der Waals surface area contributed by atoms with Gasteiger partial charge in [-0.1, -0.05) is 26.2 Å². The lowest BCUT2D eigenvalue weighted by Gasteiger charge is -2.14. The van der Waals surface area contributed by atoms with Gasteiger partial charge in [0, 0.05) is 12.7 Å². The molecule has 0 saturated heterocycles. The van der Waals surface area contributed by atoms with E-state index in [1.807, 2.05) is 0 Å². The molecule has 1 unspecified atom stereocenters. The van der Waals surface area contributed by atoms with Crippen LogP contribution < -0.4 is 5.32 Å². The second-order valence-corrected chi connectivity index (χ2v) is 4.49. The van der Waals surface area contributed by atoms with Crippen LogP contribution in [0.15, 0.2) is 12.3 Å². The van der Waals surface area contributed by atoms with Gasteiger partial charge in [-0.25, -0.2) is 9.48 Å². The number of hydrogen-bond acceptors (Lipinski definition) is 3. The number of carboxylic acid groups (broad SMARTS) is 1. The van der Waals surface area contributed by atoms with Crippen molar-refractivity contribution in [1.29, 1.82) is 0 Å². The van der Waals surface area contributed by atoms with Gasteiger partial charge in [-0.3, -0.25) is 4.79 Å². The second-order valence-electron chi connectivity index (χ2n) is 4.49. The third kappa shape index (κ3) is 4.39. The van der Waals surface area contributed by atoms with E-state index in [9.17, 15) is 9.59 Å². The number of aromatic carboxylic acids is 1. The Balaban J connectivity index is 2.48. The molecule has 0 saturated carbocycles. The molecule has 1 aromatic rings. The fourth-order valence-corrected chi connectivity index (χ4v) is 1.81. The van der Waals surface area contributed by atoms with Gasteiger partial charge in [-0.15, -0.1) is 0 Å². The third-order valence-corrected chi connectivity index (χ3v) is 2.97. The number of amides is 1. The topological polar surface area (TPSA) is 84.2 Å². The van der Waals surface area contributed by atoms with Gasteiger partial charge in [0.25, 0.3) is 0 Å². The van der Waals surface area contributed by atoms with Crippen LogP contribution in [0.25, 0.3) is 0 Å². The predicted molar refractivity (Wildman–Crippen MR) is 71.0 cm³/mol. The van der Waals surface area contributed by atoms with Gasteiger partial charge in [-0.2, -0.15) is 5.10 Å². The monoisotopic (exact) mass is 267 g/mol. The van der Waals surface area contributed by atoms with Crippen LogP contribution in [0.1, 0.15) is 56.1 Å². The third-order valence-electron chi connectivity index (χ3n) is 2.97. The Morgan fingerprint density at radius 3 is 2.79 bits per heavy atom. The molecule has 1 atom stereocenters. The van der Waals surface area contributed by atoms with Gasteiger partial charge >= 0.3 is 5.97 Å². The summed E-state index contributed by atoms with van der Waals surface area (Å²) in [6, 6.07) is 0.764. The molecule has 0 bridgehead atoms. The first-order valence-corrected chi connectivity index (χ1v) is 6.62. The minimum Gasteiger partial charge on any atom is -0.477 e. The van der Waals surface area contributed by atoms with Gasteiger partial charge in [0.05, 0.1) is 0 Å². The number of carbonyl (C=O) groups excluding carboxylic acids is 1.